The third kappa shape index (κ3) is 2.42. The summed E-state index contributed by atoms with van der Waals surface area (Å²) in [5, 5.41) is 11.8. The van der Waals surface area contributed by atoms with Crippen molar-refractivity contribution >= 4 is 11.7 Å². The van der Waals surface area contributed by atoms with Gasteiger partial charge in [0, 0.05) is 18.9 Å². The molecule has 1 aromatic rings. The van der Waals surface area contributed by atoms with Crippen molar-refractivity contribution in [3.05, 3.63) is 30.1 Å². The van der Waals surface area contributed by atoms with Crippen LogP contribution in [-0.2, 0) is 0 Å². The van der Waals surface area contributed by atoms with E-state index in [1.54, 1.807) is 23.2 Å². The lowest BCUT2D eigenvalue weighted by Gasteiger charge is -2.34. The maximum absolute atomic E-state index is 12.3. The summed E-state index contributed by atoms with van der Waals surface area (Å²) in [6.45, 7) is 0.620. The lowest BCUT2D eigenvalue weighted by Crippen LogP contribution is -2.50. The van der Waals surface area contributed by atoms with Crippen molar-refractivity contribution in [2.45, 2.75) is 25.3 Å². The van der Waals surface area contributed by atoms with Crippen LogP contribution in [0.2, 0.25) is 0 Å². The fourth-order valence-electron chi connectivity index (χ4n) is 2.20. The average molecular weight is 248 g/mol. The van der Waals surface area contributed by atoms with Crippen molar-refractivity contribution in [1.82, 2.24) is 9.88 Å². The molecular formula is C12H16N4O2. The minimum Gasteiger partial charge on any atom is -0.409 e. The van der Waals surface area contributed by atoms with Crippen molar-refractivity contribution in [2.24, 2.45) is 10.9 Å². The summed E-state index contributed by atoms with van der Waals surface area (Å²) >= 11 is 0. The van der Waals surface area contributed by atoms with Gasteiger partial charge in [-0.3, -0.25) is 9.78 Å². The highest BCUT2D eigenvalue weighted by Crippen LogP contribution is 2.19. The molecule has 1 fully saturated rings. The van der Waals surface area contributed by atoms with Crippen LogP contribution in [0, 0.1) is 0 Å². The third-order valence-corrected chi connectivity index (χ3v) is 3.13. The molecule has 3 N–H and O–H groups in total. The molecule has 2 heterocycles. The first kappa shape index (κ1) is 12.3. The van der Waals surface area contributed by atoms with Gasteiger partial charge in [-0.15, -0.1) is 0 Å². The number of nitrogens with zero attached hydrogens (tertiary/aromatic N) is 3. The number of oxime groups is 1. The maximum Gasteiger partial charge on any atom is 0.256 e. The van der Waals surface area contributed by atoms with Gasteiger partial charge < -0.3 is 15.8 Å². The number of rotatable bonds is 2. The van der Waals surface area contributed by atoms with E-state index in [0.717, 1.165) is 19.3 Å². The van der Waals surface area contributed by atoms with Gasteiger partial charge in [0.1, 0.15) is 0 Å². The zero-order chi connectivity index (χ0) is 13.0. The minimum atomic E-state index is -0.323. The number of hydrogen-bond donors (Lipinski definition) is 2. The standard InChI is InChI=1S/C12H16N4O2/c13-11(15-18)10-5-1-2-7-16(10)12(17)9-4-3-6-14-8-9/h3-4,6,8,10,18H,1-2,5,7H2,(H2,13,15). The third-order valence-electron chi connectivity index (χ3n) is 3.13. The predicted molar refractivity (Wildman–Crippen MR) is 66.3 cm³/mol. The van der Waals surface area contributed by atoms with Crippen LogP contribution in [0.25, 0.3) is 0 Å². The molecule has 6 heteroatoms. The van der Waals surface area contributed by atoms with Gasteiger partial charge in [-0.25, -0.2) is 0 Å². The largest absolute Gasteiger partial charge is 0.409 e. The Morgan fingerprint density at radius 2 is 2.39 bits per heavy atom. The molecule has 0 radical (unpaired) electrons. The van der Waals surface area contributed by atoms with Gasteiger partial charge in [-0.05, 0) is 31.4 Å². The van der Waals surface area contributed by atoms with Crippen molar-refractivity contribution < 1.29 is 10.0 Å². The van der Waals surface area contributed by atoms with Crippen molar-refractivity contribution in [3.8, 4) is 0 Å². The SMILES string of the molecule is NC(=NO)C1CCCCN1C(=O)c1cccnc1. The molecule has 2 rings (SSSR count). The van der Waals surface area contributed by atoms with Crippen molar-refractivity contribution in [1.29, 1.82) is 0 Å². The van der Waals surface area contributed by atoms with E-state index in [2.05, 4.69) is 10.1 Å². The molecule has 0 bridgehead atoms. The van der Waals surface area contributed by atoms with Crippen LogP contribution in [0.15, 0.2) is 29.7 Å². The topological polar surface area (TPSA) is 91.8 Å². The molecule has 1 atom stereocenters. The molecule has 0 aromatic carbocycles. The Hall–Kier alpha value is -2.11. The summed E-state index contributed by atoms with van der Waals surface area (Å²) in [6, 6.07) is 3.11. The average Bonchev–Trinajstić information content (AvgIpc) is 2.46. The van der Waals surface area contributed by atoms with E-state index < -0.39 is 0 Å². The number of pyridine rings is 1. The molecule has 1 amide bonds. The minimum absolute atomic E-state index is 0.0898. The van der Waals surface area contributed by atoms with Crippen molar-refractivity contribution in [2.75, 3.05) is 6.54 Å². The molecule has 1 unspecified atom stereocenters. The number of hydrogen-bond acceptors (Lipinski definition) is 4. The van der Waals surface area contributed by atoms with E-state index in [4.69, 9.17) is 10.9 Å². The van der Waals surface area contributed by atoms with Gasteiger partial charge in [0.05, 0.1) is 11.6 Å². The Labute approximate surface area is 105 Å². The Balaban J connectivity index is 2.22. The Morgan fingerprint density at radius 1 is 1.56 bits per heavy atom. The monoisotopic (exact) mass is 248 g/mol. The second kappa shape index (κ2) is 5.48. The summed E-state index contributed by atoms with van der Waals surface area (Å²) in [5.41, 5.74) is 6.17. The van der Waals surface area contributed by atoms with Gasteiger partial charge in [0.2, 0.25) is 0 Å². The number of amidine groups is 1. The highest BCUT2D eigenvalue weighted by Gasteiger charge is 2.30. The second-order valence-electron chi connectivity index (χ2n) is 4.28. The molecule has 18 heavy (non-hydrogen) atoms. The second-order valence-corrected chi connectivity index (χ2v) is 4.28. The number of piperidine rings is 1. The van der Waals surface area contributed by atoms with Gasteiger partial charge in [0.25, 0.3) is 5.91 Å². The van der Waals surface area contributed by atoms with Gasteiger partial charge in [-0.1, -0.05) is 5.16 Å². The lowest BCUT2D eigenvalue weighted by molar-refractivity contribution is 0.0676. The fraction of sp³-hybridized carbons (Fsp3) is 0.417. The molecule has 0 saturated carbocycles. The van der Waals surface area contributed by atoms with Crippen LogP contribution in [0.1, 0.15) is 29.6 Å². The summed E-state index contributed by atoms with van der Waals surface area (Å²) in [4.78, 5) is 17.9. The predicted octanol–water partition coefficient (Wildman–Crippen LogP) is 0.823. The summed E-state index contributed by atoms with van der Waals surface area (Å²) < 4.78 is 0. The van der Waals surface area contributed by atoms with Crippen molar-refractivity contribution in [3.63, 3.8) is 0 Å². The maximum atomic E-state index is 12.3. The van der Waals surface area contributed by atoms with Crippen LogP contribution in [-0.4, -0.2) is 39.4 Å². The highest BCUT2D eigenvalue weighted by molar-refractivity contribution is 5.98. The highest BCUT2D eigenvalue weighted by atomic mass is 16.4. The van der Waals surface area contributed by atoms with Crippen LogP contribution in [0.3, 0.4) is 0 Å². The fourth-order valence-corrected chi connectivity index (χ4v) is 2.20. The van der Waals surface area contributed by atoms with E-state index in [0.29, 0.717) is 12.1 Å². The number of carbonyl (C=O) groups is 1. The molecule has 0 aliphatic carbocycles. The number of amides is 1. The molecule has 1 saturated heterocycles. The molecule has 1 aliphatic rings. The van der Waals surface area contributed by atoms with E-state index in [9.17, 15) is 4.79 Å². The summed E-state index contributed by atoms with van der Waals surface area (Å²) in [5.74, 6) is -0.0358. The molecule has 96 valence electrons. The van der Waals surface area contributed by atoms with Gasteiger partial charge in [0.15, 0.2) is 5.84 Å². The first-order valence-electron chi connectivity index (χ1n) is 5.92. The zero-order valence-electron chi connectivity index (χ0n) is 9.99. The van der Waals surface area contributed by atoms with E-state index in [1.807, 2.05) is 0 Å². The summed E-state index contributed by atoms with van der Waals surface area (Å²) in [6.07, 6.45) is 5.77. The number of carbonyl (C=O) groups excluding carboxylic acids is 1. The van der Waals surface area contributed by atoms with Crippen LogP contribution in [0.5, 0.6) is 0 Å². The zero-order valence-corrected chi connectivity index (χ0v) is 9.99. The molecule has 0 spiro atoms. The van der Waals surface area contributed by atoms with E-state index >= 15 is 0 Å². The van der Waals surface area contributed by atoms with Crippen LogP contribution >= 0.6 is 0 Å². The number of likely N-dealkylation sites (tertiary alicyclic amines) is 1. The molecule has 1 aliphatic heterocycles. The van der Waals surface area contributed by atoms with E-state index in [1.165, 1.54) is 6.20 Å². The normalized spacial score (nSPS) is 20.8. The van der Waals surface area contributed by atoms with Crippen LogP contribution < -0.4 is 5.73 Å². The smallest absolute Gasteiger partial charge is 0.256 e. The molecular weight excluding hydrogens is 232 g/mol. The Bertz CT molecular complexity index is 447. The van der Waals surface area contributed by atoms with E-state index in [-0.39, 0.29) is 17.8 Å². The van der Waals surface area contributed by atoms with Gasteiger partial charge >= 0.3 is 0 Å². The molecule has 6 nitrogen and oxygen atoms in total. The quantitative estimate of drug-likeness (QED) is 0.351. The van der Waals surface area contributed by atoms with Crippen LogP contribution in [0.4, 0.5) is 0 Å². The first-order valence-corrected chi connectivity index (χ1v) is 5.92. The number of nitrogens with two attached hydrogens (primary N) is 1. The Morgan fingerprint density at radius 3 is 3.06 bits per heavy atom. The van der Waals surface area contributed by atoms with Gasteiger partial charge in [-0.2, -0.15) is 0 Å². The molecule has 1 aromatic heterocycles. The first-order chi connectivity index (χ1) is 8.74. The summed E-state index contributed by atoms with van der Waals surface area (Å²) in [7, 11) is 0. The number of aromatic nitrogens is 1. The Kier molecular flexibility index (Phi) is 3.76. The lowest BCUT2D eigenvalue weighted by atomic mass is 10.0.